The van der Waals surface area contributed by atoms with Gasteiger partial charge in [0.05, 0.1) is 17.3 Å². The average Bonchev–Trinajstić information content (AvgIpc) is 3.04. The number of carbonyl (C=O) groups is 1. The molecular weight excluding hydrogens is 344 g/mol. The number of nitrogens with one attached hydrogen (secondary N) is 1. The zero-order chi connectivity index (χ0) is 18.7. The maximum absolute atomic E-state index is 12.5. The Bertz CT molecular complexity index is 736. The Morgan fingerprint density at radius 3 is 2.62 bits per heavy atom. The molecule has 1 aliphatic carbocycles. The molecule has 2 N–H and O–H groups in total. The standard InChI is InChI=1S/C21H28N2O2S/c1-14(20-23-17-6-4-5-7-18(17)26-20)22-19(24)16-10-8-15(9-11-16)12-13-21(2,3)25/h8-11,14,25H,4-7,12-13H2,1-3H3,(H,22,24)/t14-/m1/s1. The zero-order valence-electron chi connectivity index (χ0n) is 15.8. The summed E-state index contributed by atoms with van der Waals surface area (Å²) in [6.07, 6.45) is 6.15. The van der Waals surface area contributed by atoms with Gasteiger partial charge in [-0.3, -0.25) is 4.79 Å². The van der Waals surface area contributed by atoms with Gasteiger partial charge in [-0.2, -0.15) is 0 Å². The summed E-state index contributed by atoms with van der Waals surface area (Å²) in [5.74, 6) is -0.0697. The van der Waals surface area contributed by atoms with Crippen LogP contribution in [0.2, 0.25) is 0 Å². The van der Waals surface area contributed by atoms with E-state index in [4.69, 9.17) is 4.98 Å². The van der Waals surface area contributed by atoms with E-state index in [0.717, 1.165) is 29.8 Å². The number of aromatic nitrogens is 1. The van der Waals surface area contributed by atoms with Crippen molar-refractivity contribution >= 4 is 17.2 Å². The Morgan fingerprint density at radius 1 is 1.27 bits per heavy atom. The molecule has 0 radical (unpaired) electrons. The highest BCUT2D eigenvalue weighted by Crippen LogP contribution is 2.29. The van der Waals surface area contributed by atoms with Gasteiger partial charge in [-0.15, -0.1) is 11.3 Å². The molecule has 140 valence electrons. The number of aryl methyl sites for hydroxylation is 3. The largest absolute Gasteiger partial charge is 0.390 e. The summed E-state index contributed by atoms with van der Waals surface area (Å²) in [7, 11) is 0. The third-order valence-electron chi connectivity index (χ3n) is 4.82. The summed E-state index contributed by atoms with van der Waals surface area (Å²) in [5, 5.41) is 13.9. The number of benzene rings is 1. The minimum absolute atomic E-state index is 0.0697. The summed E-state index contributed by atoms with van der Waals surface area (Å²) in [4.78, 5) is 18.7. The average molecular weight is 373 g/mol. The van der Waals surface area contributed by atoms with Crippen molar-refractivity contribution in [1.29, 1.82) is 0 Å². The quantitative estimate of drug-likeness (QED) is 0.798. The van der Waals surface area contributed by atoms with Gasteiger partial charge in [0.15, 0.2) is 0 Å². The van der Waals surface area contributed by atoms with Gasteiger partial charge >= 0.3 is 0 Å². The molecule has 2 aromatic rings. The van der Waals surface area contributed by atoms with E-state index in [1.165, 1.54) is 23.4 Å². The van der Waals surface area contributed by atoms with Gasteiger partial charge in [0.25, 0.3) is 5.91 Å². The number of rotatable bonds is 6. The highest BCUT2D eigenvalue weighted by atomic mass is 32.1. The van der Waals surface area contributed by atoms with Crippen LogP contribution in [-0.4, -0.2) is 21.6 Å². The molecule has 0 fully saturated rings. The second-order valence-electron chi connectivity index (χ2n) is 7.83. The molecule has 1 amide bonds. The van der Waals surface area contributed by atoms with Gasteiger partial charge in [-0.05, 0) is 77.0 Å². The Labute approximate surface area is 159 Å². The lowest BCUT2D eigenvalue weighted by Gasteiger charge is -2.16. The third-order valence-corrected chi connectivity index (χ3v) is 6.16. The number of carbonyl (C=O) groups excluding carboxylic acids is 1. The van der Waals surface area contributed by atoms with Crippen LogP contribution in [0.5, 0.6) is 0 Å². The molecule has 1 aromatic carbocycles. The lowest BCUT2D eigenvalue weighted by Crippen LogP contribution is -2.26. The number of thiazole rings is 1. The number of amides is 1. The lowest BCUT2D eigenvalue weighted by molar-refractivity contribution is 0.0713. The molecule has 4 nitrogen and oxygen atoms in total. The minimum Gasteiger partial charge on any atom is -0.390 e. The Balaban J connectivity index is 1.59. The molecule has 3 rings (SSSR count). The Morgan fingerprint density at radius 2 is 1.96 bits per heavy atom. The molecule has 1 heterocycles. The fourth-order valence-electron chi connectivity index (χ4n) is 3.17. The number of hydrogen-bond donors (Lipinski definition) is 2. The normalized spacial score (nSPS) is 15.4. The molecule has 0 saturated carbocycles. The van der Waals surface area contributed by atoms with Gasteiger partial charge in [0.1, 0.15) is 5.01 Å². The smallest absolute Gasteiger partial charge is 0.251 e. The van der Waals surface area contributed by atoms with Crippen LogP contribution >= 0.6 is 11.3 Å². The van der Waals surface area contributed by atoms with Crippen LogP contribution in [-0.2, 0) is 19.3 Å². The van der Waals surface area contributed by atoms with Crippen molar-refractivity contribution in [3.8, 4) is 0 Å². The van der Waals surface area contributed by atoms with Gasteiger partial charge < -0.3 is 10.4 Å². The molecule has 0 saturated heterocycles. The molecule has 1 atom stereocenters. The summed E-state index contributed by atoms with van der Waals surface area (Å²) in [5.41, 5.74) is 2.35. The molecule has 1 aromatic heterocycles. The minimum atomic E-state index is -0.668. The first-order chi connectivity index (χ1) is 12.3. The Kier molecular flexibility index (Phi) is 5.78. The molecule has 5 heteroatoms. The van der Waals surface area contributed by atoms with Gasteiger partial charge in [-0.25, -0.2) is 4.98 Å². The molecule has 26 heavy (non-hydrogen) atoms. The van der Waals surface area contributed by atoms with E-state index < -0.39 is 5.60 Å². The van der Waals surface area contributed by atoms with Crippen molar-refractivity contribution in [2.75, 3.05) is 0 Å². The highest BCUT2D eigenvalue weighted by molar-refractivity contribution is 7.11. The van der Waals surface area contributed by atoms with E-state index in [2.05, 4.69) is 5.32 Å². The predicted octanol–water partition coefficient (Wildman–Crippen LogP) is 4.22. The fourth-order valence-corrected chi connectivity index (χ4v) is 4.33. The van der Waals surface area contributed by atoms with Gasteiger partial charge in [-0.1, -0.05) is 12.1 Å². The molecule has 0 unspecified atom stereocenters. The second-order valence-corrected chi connectivity index (χ2v) is 8.95. The van der Waals surface area contributed by atoms with Crippen molar-refractivity contribution in [3.05, 3.63) is 51.0 Å². The number of aliphatic hydroxyl groups is 1. The molecular formula is C21H28N2O2S. The first-order valence-corrected chi connectivity index (χ1v) is 10.2. The van der Waals surface area contributed by atoms with E-state index >= 15 is 0 Å². The van der Waals surface area contributed by atoms with Crippen LogP contribution in [0.25, 0.3) is 0 Å². The number of hydrogen-bond acceptors (Lipinski definition) is 4. The topological polar surface area (TPSA) is 62.2 Å². The van der Waals surface area contributed by atoms with Crippen LogP contribution < -0.4 is 5.32 Å². The summed E-state index contributed by atoms with van der Waals surface area (Å²) >= 11 is 1.74. The van der Waals surface area contributed by atoms with Crippen molar-refractivity contribution in [2.24, 2.45) is 0 Å². The van der Waals surface area contributed by atoms with Crippen LogP contribution in [0.4, 0.5) is 0 Å². The SMILES string of the molecule is C[C@@H](NC(=O)c1ccc(CCC(C)(C)O)cc1)c1nc2c(s1)CCCC2. The summed E-state index contributed by atoms with van der Waals surface area (Å²) < 4.78 is 0. The second kappa shape index (κ2) is 7.89. The molecule has 0 aliphatic heterocycles. The van der Waals surface area contributed by atoms with E-state index in [-0.39, 0.29) is 11.9 Å². The van der Waals surface area contributed by atoms with Crippen molar-refractivity contribution in [2.45, 2.75) is 70.9 Å². The van der Waals surface area contributed by atoms with Crippen LogP contribution in [0.15, 0.2) is 24.3 Å². The molecule has 0 bridgehead atoms. The third kappa shape index (κ3) is 4.92. The van der Waals surface area contributed by atoms with E-state index in [0.29, 0.717) is 12.0 Å². The summed E-state index contributed by atoms with van der Waals surface area (Å²) in [6, 6.07) is 7.57. The lowest BCUT2D eigenvalue weighted by atomic mass is 9.98. The van der Waals surface area contributed by atoms with Crippen LogP contribution in [0.3, 0.4) is 0 Å². The highest BCUT2D eigenvalue weighted by Gasteiger charge is 2.20. The Hall–Kier alpha value is -1.72. The van der Waals surface area contributed by atoms with Gasteiger partial charge in [0, 0.05) is 10.4 Å². The monoisotopic (exact) mass is 372 g/mol. The van der Waals surface area contributed by atoms with E-state index in [9.17, 15) is 9.90 Å². The summed E-state index contributed by atoms with van der Waals surface area (Å²) in [6.45, 7) is 5.62. The van der Waals surface area contributed by atoms with E-state index in [1.54, 1.807) is 11.3 Å². The maximum Gasteiger partial charge on any atom is 0.251 e. The van der Waals surface area contributed by atoms with Gasteiger partial charge in [0.2, 0.25) is 0 Å². The number of fused-ring (bicyclic) bond motifs is 1. The van der Waals surface area contributed by atoms with Crippen molar-refractivity contribution < 1.29 is 9.90 Å². The first-order valence-electron chi connectivity index (χ1n) is 9.42. The van der Waals surface area contributed by atoms with Crippen molar-refractivity contribution in [1.82, 2.24) is 10.3 Å². The first kappa shape index (κ1) is 19.1. The van der Waals surface area contributed by atoms with E-state index in [1.807, 2.05) is 45.0 Å². The number of nitrogens with zero attached hydrogens (tertiary/aromatic N) is 1. The van der Waals surface area contributed by atoms with Crippen LogP contribution in [0.1, 0.15) is 77.6 Å². The maximum atomic E-state index is 12.5. The van der Waals surface area contributed by atoms with Crippen LogP contribution in [0, 0.1) is 0 Å². The molecule has 1 aliphatic rings. The fraction of sp³-hybridized carbons (Fsp3) is 0.524. The molecule has 0 spiro atoms. The van der Waals surface area contributed by atoms with Crippen molar-refractivity contribution in [3.63, 3.8) is 0 Å². The zero-order valence-corrected chi connectivity index (χ0v) is 16.7. The predicted molar refractivity (Wildman–Crippen MR) is 106 cm³/mol.